The molecule has 0 saturated carbocycles. The van der Waals surface area contributed by atoms with Gasteiger partial charge in [-0.25, -0.2) is 0 Å². The zero-order valence-corrected chi connectivity index (χ0v) is 12.1. The molecule has 5 nitrogen and oxygen atoms in total. The van der Waals surface area contributed by atoms with Gasteiger partial charge in [0.05, 0.1) is 11.1 Å². The first-order valence-electron chi connectivity index (χ1n) is 5.95. The van der Waals surface area contributed by atoms with Crippen molar-refractivity contribution in [1.82, 2.24) is 9.80 Å². The summed E-state index contributed by atoms with van der Waals surface area (Å²) in [6, 6.07) is 1.68. The summed E-state index contributed by atoms with van der Waals surface area (Å²) in [5, 5.41) is 12.1. The number of hydrogen-bond donors (Lipinski definition) is 1. The molecular weight excluding hydrogens is 288 g/mol. The first kappa shape index (κ1) is 14.3. The van der Waals surface area contributed by atoms with Gasteiger partial charge in [0, 0.05) is 33.1 Å². The van der Waals surface area contributed by atoms with Crippen molar-refractivity contribution in [2.24, 2.45) is 0 Å². The van der Waals surface area contributed by atoms with Crippen molar-refractivity contribution in [3.63, 3.8) is 0 Å². The molecular formula is C12H15ClN2O3S. The molecule has 0 bridgehead atoms. The van der Waals surface area contributed by atoms with Crippen LogP contribution in [0.15, 0.2) is 11.4 Å². The lowest BCUT2D eigenvalue weighted by molar-refractivity contribution is -0.129. The molecule has 0 unspecified atom stereocenters. The van der Waals surface area contributed by atoms with Crippen LogP contribution in [-0.4, -0.2) is 59.0 Å². The first-order chi connectivity index (χ1) is 8.99. The number of aliphatic hydroxyl groups is 1. The average Bonchev–Trinajstić information content (AvgIpc) is 2.66. The van der Waals surface area contributed by atoms with Crippen LogP contribution in [0, 0.1) is 0 Å². The predicted molar refractivity (Wildman–Crippen MR) is 73.5 cm³/mol. The Hall–Kier alpha value is -1.11. The molecule has 7 heteroatoms. The molecule has 2 heterocycles. The Morgan fingerprint density at radius 2 is 2.00 bits per heavy atom. The van der Waals surface area contributed by atoms with E-state index in [0.717, 1.165) is 0 Å². The number of β-amino-alcohol motifs (C(OH)–C–C–N with tert-alkyl or cyclic N) is 1. The molecule has 1 fully saturated rings. The van der Waals surface area contributed by atoms with E-state index in [9.17, 15) is 14.7 Å². The third-order valence-corrected chi connectivity index (χ3v) is 4.38. The second-order valence-corrected chi connectivity index (χ2v) is 5.79. The molecule has 1 aromatic heterocycles. The van der Waals surface area contributed by atoms with Gasteiger partial charge in [0.2, 0.25) is 5.91 Å². The molecule has 1 aliphatic heterocycles. The average molecular weight is 303 g/mol. The van der Waals surface area contributed by atoms with Crippen LogP contribution in [0.4, 0.5) is 0 Å². The molecule has 0 radical (unpaired) electrons. The summed E-state index contributed by atoms with van der Waals surface area (Å²) in [4.78, 5) is 27.2. The van der Waals surface area contributed by atoms with E-state index in [1.807, 2.05) is 0 Å². The van der Waals surface area contributed by atoms with Crippen LogP contribution in [-0.2, 0) is 4.79 Å². The van der Waals surface area contributed by atoms with E-state index < -0.39 is 6.10 Å². The Balaban J connectivity index is 2.11. The van der Waals surface area contributed by atoms with E-state index in [2.05, 4.69) is 0 Å². The Morgan fingerprint density at radius 3 is 2.58 bits per heavy atom. The van der Waals surface area contributed by atoms with Crippen LogP contribution in [0.5, 0.6) is 0 Å². The second-order valence-electron chi connectivity index (χ2n) is 4.47. The number of thiophene rings is 1. The lowest BCUT2D eigenvalue weighted by Crippen LogP contribution is -2.37. The summed E-state index contributed by atoms with van der Waals surface area (Å²) in [5.74, 6) is -0.285. The third kappa shape index (κ3) is 3.26. The highest BCUT2D eigenvalue weighted by atomic mass is 35.5. The number of hydrogen-bond acceptors (Lipinski definition) is 4. The number of halogens is 1. The fraction of sp³-hybridized carbons (Fsp3) is 0.500. The van der Waals surface area contributed by atoms with E-state index in [4.69, 9.17) is 11.6 Å². The third-order valence-electron chi connectivity index (χ3n) is 3.05. The van der Waals surface area contributed by atoms with Gasteiger partial charge in [0.25, 0.3) is 5.91 Å². The zero-order chi connectivity index (χ0) is 14.0. The quantitative estimate of drug-likeness (QED) is 0.844. The summed E-state index contributed by atoms with van der Waals surface area (Å²) >= 11 is 7.23. The lowest BCUT2D eigenvalue weighted by atomic mass is 10.3. The van der Waals surface area contributed by atoms with Crippen LogP contribution >= 0.6 is 22.9 Å². The molecule has 1 saturated heterocycles. The van der Waals surface area contributed by atoms with Crippen LogP contribution < -0.4 is 0 Å². The number of aliphatic hydroxyl groups excluding tert-OH is 1. The Bertz CT molecular complexity index is 491. The van der Waals surface area contributed by atoms with Crippen LogP contribution in [0.2, 0.25) is 5.02 Å². The molecule has 0 spiro atoms. The Labute approximate surface area is 120 Å². The maximum Gasteiger partial charge on any atom is 0.265 e. The van der Waals surface area contributed by atoms with Gasteiger partial charge < -0.3 is 14.9 Å². The van der Waals surface area contributed by atoms with Gasteiger partial charge >= 0.3 is 0 Å². The minimum atomic E-state index is -0.728. The van der Waals surface area contributed by atoms with E-state index >= 15 is 0 Å². The first-order valence-corrected chi connectivity index (χ1v) is 7.20. The van der Waals surface area contributed by atoms with Crippen molar-refractivity contribution < 1.29 is 14.7 Å². The van der Waals surface area contributed by atoms with Crippen molar-refractivity contribution in [2.75, 3.05) is 26.2 Å². The number of carbonyl (C=O) groups excluding carboxylic acids is 2. The van der Waals surface area contributed by atoms with Crippen LogP contribution in [0.25, 0.3) is 0 Å². The normalized spacial score (nSPS) is 20.3. The molecule has 2 rings (SSSR count). The van der Waals surface area contributed by atoms with E-state index in [1.54, 1.807) is 21.2 Å². The van der Waals surface area contributed by atoms with Gasteiger partial charge in [0.15, 0.2) is 0 Å². The standard InChI is InChI=1S/C12H15ClN2O3S/c1-8(16)14-3-4-15(7-9(17)6-14)12(18)11-10(13)2-5-19-11/h2,5,9,17H,3-4,6-7H2,1H3/t9-/m0/s1. The van der Waals surface area contributed by atoms with Gasteiger partial charge in [-0.15, -0.1) is 11.3 Å². The lowest BCUT2D eigenvalue weighted by Gasteiger charge is -2.21. The van der Waals surface area contributed by atoms with Crippen molar-refractivity contribution in [2.45, 2.75) is 13.0 Å². The number of carbonyl (C=O) groups is 2. The SMILES string of the molecule is CC(=O)N1CCN(C(=O)c2sccc2Cl)C[C@@H](O)C1. The topological polar surface area (TPSA) is 60.9 Å². The van der Waals surface area contributed by atoms with Gasteiger partial charge in [0.1, 0.15) is 4.88 Å². The van der Waals surface area contributed by atoms with E-state index in [0.29, 0.717) is 23.0 Å². The maximum absolute atomic E-state index is 12.3. The zero-order valence-electron chi connectivity index (χ0n) is 10.5. The molecule has 104 valence electrons. The second kappa shape index (κ2) is 5.90. The van der Waals surface area contributed by atoms with Gasteiger partial charge in [-0.2, -0.15) is 0 Å². The highest BCUT2D eigenvalue weighted by Crippen LogP contribution is 2.24. The molecule has 2 amide bonds. The van der Waals surface area contributed by atoms with Gasteiger partial charge in [-0.3, -0.25) is 9.59 Å². The highest BCUT2D eigenvalue weighted by molar-refractivity contribution is 7.12. The van der Waals surface area contributed by atoms with Gasteiger partial charge in [-0.05, 0) is 11.4 Å². The minimum absolute atomic E-state index is 0.0949. The number of nitrogens with zero attached hydrogens (tertiary/aromatic N) is 2. The van der Waals surface area contributed by atoms with E-state index in [-0.39, 0.29) is 24.9 Å². The van der Waals surface area contributed by atoms with Crippen molar-refractivity contribution in [3.05, 3.63) is 21.3 Å². The fourth-order valence-corrected chi connectivity index (χ4v) is 3.15. The monoisotopic (exact) mass is 302 g/mol. The number of rotatable bonds is 1. The Morgan fingerprint density at radius 1 is 1.37 bits per heavy atom. The van der Waals surface area contributed by atoms with Gasteiger partial charge in [-0.1, -0.05) is 11.6 Å². The minimum Gasteiger partial charge on any atom is -0.389 e. The largest absolute Gasteiger partial charge is 0.389 e. The molecule has 1 N–H and O–H groups in total. The molecule has 1 atom stereocenters. The number of amides is 2. The maximum atomic E-state index is 12.3. The summed E-state index contributed by atoms with van der Waals surface area (Å²) in [5.41, 5.74) is 0. The highest BCUT2D eigenvalue weighted by Gasteiger charge is 2.27. The van der Waals surface area contributed by atoms with Crippen molar-refractivity contribution >= 4 is 34.8 Å². The Kier molecular flexibility index (Phi) is 4.44. The fourth-order valence-electron chi connectivity index (χ4n) is 2.05. The summed E-state index contributed by atoms with van der Waals surface area (Å²) in [6.07, 6.45) is -0.728. The molecule has 0 aliphatic carbocycles. The predicted octanol–water partition coefficient (Wildman–Crippen LogP) is 1.07. The molecule has 1 aliphatic rings. The smallest absolute Gasteiger partial charge is 0.265 e. The van der Waals surface area contributed by atoms with Crippen molar-refractivity contribution in [3.8, 4) is 0 Å². The van der Waals surface area contributed by atoms with Crippen LogP contribution in [0.3, 0.4) is 0 Å². The summed E-state index contributed by atoms with van der Waals surface area (Å²) < 4.78 is 0. The van der Waals surface area contributed by atoms with Crippen LogP contribution in [0.1, 0.15) is 16.6 Å². The van der Waals surface area contributed by atoms with E-state index in [1.165, 1.54) is 18.3 Å². The molecule has 1 aromatic rings. The molecule has 0 aromatic carbocycles. The summed E-state index contributed by atoms with van der Waals surface area (Å²) in [7, 11) is 0. The summed E-state index contributed by atoms with van der Waals surface area (Å²) in [6.45, 7) is 2.78. The molecule has 19 heavy (non-hydrogen) atoms. The van der Waals surface area contributed by atoms with Crippen molar-refractivity contribution in [1.29, 1.82) is 0 Å².